The molecule has 0 aliphatic heterocycles. The summed E-state index contributed by atoms with van der Waals surface area (Å²) in [4.78, 5) is 12.1. The summed E-state index contributed by atoms with van der Waals surface area (Å²) < 4.78 is 6.49. The monoisotopic (exact) mass is 387 g/mol. The molecular weight excluding hydrogens is 377 g/mol. The summed E-state index contributed by atoms with van der Waals surface area (Å²) in [6.07, 6.45) is -0.678. The molecule has 0 bridgehead atoms. The fourth-order valence-corrected chi connectivity index (χ4v) is 2.40. The molecule has 3 nitrogen and oxygen atoms in total. The molecule has 2 aromatic rings. The van der Waals surface area contributed by atoms with E-state index in [-0.39, 0.29) is 5.91 Å². The Hall–Kier alpha value is -1.23. The van der Waals surface area contributed by atoms with Gasteiger partial charge in [0.2, 0.25) is 0 Å². The van der Waals surface area contributed by atoms with Crippen molar-refractivity contribution < 1.29 is 9.53 Å². The van der Waals surface area contributed by atoms with Crippen LogP contribution in [0, 0.1) is 0 Å². The Labute approximate surface area is 141 Å². The lowest BCUT2D eigenvalue weighted by Crippen LogP contribution is -2.30. The molecule has 0 radical (unpaired) electrons. The van der Waals surface area contributed by atoms with Gasteiger partial charge in [-0.3, -0.25) is 4.79 Å². The van der Waals surface area contributed by atoms with Crippen molar-refractivity contribution in [3.63, 3.8) is 0 Å². The fraction of sp³-hybridized carbons (Fsp3) is 0.133. The highest BCUT2D eigenvalue weighted by Crippen LogP contribution is 2.25. The number of hydrogen-bond acceptors (Lipinski definition) is 2. The SMILES string of the molecule is C[C@@H](Oc1cc(Cl)cc(Cl)c1)C(=O)Nc1ccc(Br)cc1. The van der Waals surface area contributed by atoms with E-state index in [1.165, 1.54) is 0 Å². The van der Waals surface area contributed by atoms with E-state index in [4.69, 9.17) is 27.9 Å². The number of nitrogens with one attached hydrogen (secondary N) is 1. The maximum atomic E-state index is 12.1. The lowest BCUT2D eigenvalue weighted by molar-refractivity contribution is -0.122. The van der Waals surface area contributed by atoms with Gasteiger partial charge >= 0.3 is 0 Å². The summed E-state index contributed by atoms with van der Waals surface area (Å²) in [5, 5.41) is 3.68. The van der Waals surface area contributed by atoms with Crippen LogP contribution in [-0.2, 0) is 4.79 Å². The minimum absolute atomic E-state index is 0.256. The highest BCUT2D eigenvalue weighted by molar-refractivity contribution is 9.10. The van der Waals surface area contributed by atoms with Gasteiger partial charge < -0.3 is 10.1 Å². The lowest BCUT2D eigenvalue weighted by atomic mass is 10.3. The molecule has 0 heterocycles. The predicted molar refractivity (Wildman–Crippen MR) is 89.3 cm³/mol. The molecule has 0 spiro atoms. The van der Waals surface area contributed by atoms with Crippen LogP contribution in [-0.4, -0.2) is 12.0 Å². The number of anilines is 1. The summed E-state index contributed by atoms with van der Waals surface area (Å²) >= 11 is 15.1. The van der Waals surface area contributed by atoms with Gasteiger partial charge in [-0.05, 0) is 49.4 Å². The van der Waals surface area contributed by atoms with Crippen molar-refractivity contribution in [2.24, 2.45) is 0 Å². The topological polar surface area (TPSA) is 38.3 Å². The Kier molecular flexibility index (Phi) is 5.51. The first-order chi connectivity index (χ1) is 9.94. The Morgan fingerprint density at radius 1 is 1.14 bits per heavy atom. The normalized spacial score (nSPS) is 11.8. The molecule has 2 aromatic carbocycles. The maximum Gasteiger partial charge on any atom is 0.265 e. The van der Waals surface area contributed by atoms with Crippen LogP contribution < -0.4 is 10.1 Å². The number of ether oxygens (including phenoxy) is 1. The molecule has 6 heteroatoms. The van der Waals surface area contributed by atoms with Crippen LogP contribution in [0.4, 0.5) is 5.69 Å². The number of carbonyl (C=O) groups excluding carboxylic acids is 1. The van der Waals surface area contributed by atoms with Gasteiger partial charge in [0.15, 0.2) is 6.10 Å². The van der Waals surface area contributed by atoms with E-state index >= 15 is 0 Å². The van der Waals surface area contributed by atoms with Gasteiger partial charge in [0.25, 0.3) is 5.91 Å². The van der Waals surface area contributed by atoms with Crippen molar-refractivity contribution in [1.29, 1.82) is 0 Å². The molecule has 1 amide bonds. The van der Waals surface area contributed by atoms with Crippen LogP contribution in [0.2, 0.25) is 10.0 Å². The summed E-state index contributed by atoms with van der Waals surface area (Å²) in [7, 11) is 0. The molecule has 0 saturated heterocycles. The Morgan fingerprint density at radius 3 is 2.29 bits per heavy atom. The van der Waals surface area contributed by atoms with Crippen LogP contribution in [0.15, 0.2) is 46.9 Å². The minimum atomic E-state index is -0.678. The van der Waals surface area contributed by atoms with E-state index < -0.39 is 6.10 Å². The first-order valence-electron chi connectivity index (χ1n) is 6.13. The van der Waals surface area contributed by atoms with Crippen molar-refractivity contribution in [3.8, 4) is 5.75 Å². The molecular formula is C15H12BrCl2NO2. The van der Waals surface area contributed by atoms with E-state index in [0.29, 0.717) is 21.5 Å². The van der Waals surface area contributed by atoms with Crippen LogP contribution >= 0.6 is 39.1 Å². The number of benzene rings is 2. The van der Waals surface area contributed by atoms with Gasteiger partial charge in [0, 0.05) is 20.2 Å². The number of rotatable bonds is 4. The number of halogens is 3. The highest BCUT2D eigenvalue weighted by Gasteiger charge is 2.15. The van der Waals surface area contributed by atoms with Crippen molar-refractivity contribution in [1.82, 2.24) is 0 Å². The molecule has 1 atom stereocenters. The number of hydrogen-bond donors (Lipinski definition) is 1. The Balaban J connectivity index is 2.00. The first kappa shape index (κ1) is 16.1. The Bertz CT molecular complexity index is 626. The van der Waals surface area contributed by atoms with Gasteiger partial charge in [-0.1, -0.05) is 39.1 Å². The second-order valence-corrected chi connectivity index (χ2v) is 6.15. The number of carbonyl (C=O) groups is 1. The fourth-order valence-electron chi connectivity index (χ4n) is 1.63. The highest BCUT2D eigenvalue weighted by atomic mass is 79.9. The number of amides is 1. The average Bonchev–Trinajstić information content (AvgIpc) is 2.40. The summed E-state index contributed by atoms with van der Waals surface area (Å²) in [5.41, 5.74) is 0.697. The van der Waals surface area contributed by atoms with Crippen LogP contribution in [0.5, 0.6) is 5.75 Å². The van der Waals surface area contributed by atoms with Gasteiger partial charge in [-0.15, -0.1) is 0 Å². The summed E-state index contributed by atoms with van der Waals surface area (Å²) in [6.45, 7) is 1.66. The van der Waals surface area contributed by atoms with Gasteiger partial charge in [0.05, 0.1) is 0 Å². The van der Waals surface area contributed by atoms with E-state index in [0.717, 1.165) is 4.47 Å². The van der Waals surface area contributed by atoms with Crippen molar-refractivity contribution >= 4 is 50.7 Å². The molecule has 0 aliphatic rings. The smallest absolute Gasteiger partial charge is 0.265 e. The average molecular weight is 389 g/mol. The molecule has 0 aromatic heterocycles. The second-order valence-electron chi connectivity index (χ2n) is 4.36. The van der Waals surface area contributed by atoms with E-state index in [9.17, 15) is 4.79 Å². The third-order valence-corrected chi connectivity index (χ3v) is 3.60. The van der Waals surface area contributed by atoms with E-state index in [2.05, 4.69) is 21.2 Å². The van der Waals surface area contributed by atoms with Crippen LogP contribution in [0.1, 0.15) is 6.92 Å². The summed E-state index contributed by atoms with van der Waals surface area (Å²) in [5.74, 6) is 0.194. The molecule has 0 saturated carbocycles. The molecule has 110 valence electrons. The van der Waals surface area contributed by atoms with Crippen LogP contribution in [0.25, 0.3) is 0 Å². The minimum Gasteiger partial charge on any atom is -0.481 e. The predicted octanol–water partition coefficient (Wildman–Crippen LogP) is 5.16. The Morgan fingerprint density at radius 2 is 1.71 bits per heavy atom. The quantitative estimate of drug-likeness (QED) is 0.785. The molecule has 0 unspecified atom stereocenters. The molecule has 0 fully saturated rings. The molecule has 1 N–H and O–H groups in total. The maximum absolute atomic E-state index is 12.1. The third kappa shape index (κ3) is 4.92. The van der Waals surface area contributed by atoms with Gasteiger partial charge in [-0.25, -0.2) is 0 Å². The summed E-state index contributed by atoms with van der Waals surface area (Å²) in [6, 6.07) is 12.1. The van der Waals surface area contributed by atoms with E-state index in [1.54, 1.807) is 37.3 Å². The van der Waals surface area contributed by atoms with E-state index in [1.807, 2.05) is 12.1 Å². The third-order valence-electron chi connectivity index (χ3n) is 2.63. The molecule has 0 aliphatic carbocycles. The second kappa shape index (κ2) is 7.16. The van der Waals surface area contributed by atoms with Crippen molar-refractivity contribution in [2.45, 2.75) is 13.0 Å². The zero-order valence-electron chi connectivity index (χ0n) is 11.1. The van der Waals surface area contributed by atoms with Crippen molar-refractivity contribution in [2.75, 3.05) is 5.32 Å². The first-order valence-corrected chi connectivity index (χ1v) is 7.68. The lowest BCUT2D eigenvalue weighted by Gasteiger charge is -2.15. The van der Waals surface area contributed by atoms with Crippen molar-refractivity contribution in [3.05, 3.63) is 57.0 Å². The molecule has 2 rings (SSSR count). The zero-order valence-corrected chi connectivity index (χ0v) is 14.2. The van der Waals surface area contributed by atoms with Crippen LogP contribution in [0.3, 0.4) is 0 Å². The zero-order chi connectivity index (χ0) is 15.4. The van der Waals surface area contributed by atoms with Gasteiger partial charge in [0.1, 0.15) is 5.75 Å². The van der Waals surface area contributed by atoms with Gasteiger partial charge in [-0.2, -0.15) is 0 Å². The molecule has 21 heavy (non-hydrogen) atoms. The largest absolute Gasteiger partial charge is 0.481 e. The standard InChI is InChI=1S/C15H12BrCl2NO2/c1-9(21-14-7-11(17)6-12(18)8-14)15(20)19-13-4-2-10(16)3-5-13/h2-9H,1H3,(H,19,20)/t9-/m1/s1.